The van der Waals surface area contributed by atoms with E-state index in [0.29, 0.717) is 44.8 Å². The van der Waals surface area contributed by atoms with Gasteiger partial charge < -0.3 is 14.8 Å². The van der Waals surface area contributed by atoms with Crippen molar-refractivity contribution in [1.29, 1.82) is 5.26 Å². The molecule has 12 nitrogen and oxygen atoms in total. The fraction of sp³-hybridized carbons (Fsp3) is 0.464. The number of nitrogens with zero attached hydrogens (tertiary/aromatic N) is 10. The number of H-pyrrole nitrogens is 1. The molecular weight excluding hydrogens is 544 g/mol. The molecule has 0 unspecified atom stereocenters. The molecule has 6 rings (SSSR count). The van der Waals surface area contributed by atoms with Gasteiger partial charge in [-0.25, -0.2) is 28.7 Å². The van der Waals surface area contributed by atoms with Gasteiger partial charge in [-0.3, -0.25) is 14.4 Å². The van der Waals surface area contributed by atoms with E-state index >= 15 is 0 Å². The molecule has 0 saturated carbocycles. The first-order valence-electron chi connectivity index (χ1n) is 13.8. The maximum absolute atomic E-state index is 13.4. The molecule has 0 aromatic carbocycles. The first-order chi connectivity index (χ1) is 20.3. The predicted molar refractivity (Wildman–Crippen MR) is 148 cm³/mol. The van der Waals surface area contributed by atoms with Crippen molar-refractivity contribution in [3.05, 3.63) is 54.3 Å². The maximum Gasteiger partial charge on any atom is 0.297 e. The van der Waals surface area contributed by atoms with Crippen molar-refractivity contribution in [2.24, 2.45) is 0 Å². The summed E-state index contributed by atoms with van der Waals surface area (Å²) in [6.45, 7) is 2.66. The molecule has 0 aliphatic carbocycles. The largest absolute Gasteiger partial charge is 0.346 e. The third kappa shape index (κ3) is 5.21. The lowest BCUT2D eigenvalue weighted by atomic mass is 9.83. The number of halogens is 2. The van der Waals surface area contributed by atoms with Crippen LogP contribution in [0.2, 0.25) is 0 Å². The number of hydrogen-bond acceptors (Lipinski definition) is 9. The zero-order valence-electron chi connectivity index (χ0n) is 23.4. The summed E-state index contributed by atoms with van der Waals surface area (Å²) >= 11 is 0. The van der Waals surface area contributed by atoms with Crippen LogP contribution in [0.5, 0.6) is 0 Å². The zero-order valence-corrected chi connectivity index (χ0v) is 23.4. The summed E-state index contributed by atoms with van der Waals surface area (Å²) in [6, 6.07) is 6.01. The minimum atomic E-state index is -2.86. The molecule has 0 spiro atoms. The average Bonchev–Trinajstić information content (AvgIpc) is 3.64. The van der Waals surface area contributed by atoms with E-state index in [1.165, 1.54) is 12.4 Å². The Labute approximate surface area is 241 Å². The number of carbonyl (C=O) groups is 1. The van der Waals surface area contributed by atoms with E-state index in [4.69, 9.17) is 0 Å². The number of aromatic amines is 1. The van der Waals surface area contributed by atoms with Gasteiger partial charge in [-0.2, -0.15) is 10.4 Å². The van der Waals surface area contributed by atoms with Crippen LogP contribution in [0.25, 0.3) is 22.3 Å². The minimum Gasteiger partial charge on any atom is -0.346 e. The summed E-state index contributed by atoms with van der Waals surface area (Å²) in [5.74, 6) is -0.980. The van der Waals surface area contributed by atoms with E-state index < -0.39 is 17.8 Å². The second kappa shape index (κ2) is 11.1. The molecule has 2 aliphatic heterocycles. The molecule has 4 aromatic rings. The smallest absolute Gasteiger partial charge is 0.297 e. The van der Waals surface area contributed by atoms with Gasteiger partial charge in [0.15, 0.2) is 5.82 Å². The molecule has 218 valence electrons. The number of alkyl halides is 2. The van der Waals surface area contributed by atoms with Crippen LogP contribution < -0.4 is 0 Å². The number of hydrogen-bond donors (Lipinski definition) is 1. The van der Waals surface area contributed by atoms with Crippen LogP contribution >= 0.6 is 0 Å². The lowest BCUT2D eigenvalue weighted by Crippen LogP contribution is -2.66. The number of nitrogens with one attached hydrogen (secondary N) is 1. The molecule has 2 fully saturated rings. The third-order valence-electron chi connectivity index (χ3n) is 8.06. The van der Waals surface area contributed by atoms with Crippen LogP contribution in [0.4, 0.5) is 8.78 Å². The molecule has 1 N–H and O–H groups in total. The molecular formula is C28H31F2N11O. The van der Waals surface area contributed by atoms with E-state index in [1.807, 2.05) is 37.2 Å². The number of aromatic nitrogens is 7. The number of fused-ring (bicyclic) bond motifs is 1. The fourth-order valence-electron chi connectivity index (χ4n) is 5.99. The summed E-state index contributed by atoms with van der Waals surface area (Å²) in [7, 11) is 3.61. The van der Waals surface area contributed by atoms with Crippen molar-refractivity contribution in [3.63, 3.8) is 0 Å². The number of rotatable bonds is 8. The van der Waals surface area contributed by atoms with Crippen LogP contribution in [-0.4, -0.2) is 102 Å². The quantitative estimate of drug-likeness (QED) is 0.336. The summed E-state index contributed by atoms with van der Waals surface area (Å²) in [4.78, 5) is 38.7. The topological polar surface area (TPSA) is 136 Å². The molecule has 42 heavy (non-hydrogen) atoms. The Balaban J connectivity index is 1.11. The average molecular weight is 576 g/mol. The SMILES string of the molecule is CN(C)Cc1cc(C(=O)N2CCC(N3CC(CC#N)(n4cc(-c5ncnc6[nH]ccc56)cn4)C3)CC2)nc(C(F)F)n1. The Kier molecular flexibility index (Phi) is 7.38. The van der Waals surface area contributed by atoms with E-state index in [-0.39, 0.29) is 17.6 Å². The highest BCUT2D eigenvalue weighted by molar-refractivity contribution is 5.92. The Morgan fingerprint density at radius 3 is 2.74 bits per heavy atom. The normalized spacial score (nSPS) is 17.6. The molecule has 1 amide bonds. The summed E-state index contributed by atoms with van der Waals surface area (Å²) in [5.41, 5.74) is 2.34. The second-order valence-electron chi connectivity index (χ2n) is 11.3. The molecule has 0 atom stereocenters. The molecule has 6 heterocycles. The fourth-order valence-corrected chi connectivity index (χ4v) is 5.99. The van der Waals surface area contributed by atoms with Crippen molar-refractivity contribution >= 4 is 16.9 Å². The van der Waals surface area contributed by atoms with Crippen molar-refractivity contribution in [3.8, 4) is 17.3 Å². The number of amides is 1. The highest BCUT2D eigenvalue weighted by atomic mass is 19.3. The van der Waals surface area contributed by atoms with Gasteiger partial charge in [0.05, 0.1) is 30.1 Å². The summed E-state index contributed by atoms with van der Waals surface area (Å²) < 4.78 is 28.8. The molecule has 2 saturated heterocycles. The Hall–Kier alpha value is -4.35. The monoisotopic (exact) mass is 575 g/mol. The van der Waals surface area contributed by atoms with Gasteiger partial charge in [-0.1, -0.05) is 0 Å². The van der Waals surface area contributed by atoms with Gasteiger partial charge in [-0.15, -0.1) is 0 Å². The predicted octanol–water partition coefficient (Wildman–Crippen LogP) is 2.84. The second-order valence-corrected chi connectivity index (χ2v) is 11.3. The first kappa shape index (κ1) is 27.8. The summed E-state index contributed by atoms with van der Waals surface area (Å²) in [6.07, 6.45) is 6.01. The Morgan fingerprint density at radius 2 is 2.02 bits per heavy atom. The number of likely N-dealkylation sites (tertiary alicyclic amines) is 2. The van der Waals surface area contributed by atoms with Crippen LogP contribution in [-0.2, 0) is 12.1 Å². The van der Waals surface area contributed by atoms with Crippen LogP contribution in [0.1, 0.15) is 47.7 Å². The minimum absolute atomic E-state index is 0.00248. The van der Waals surface area contributed by atoms with E-state index in [2.05, 4.69) is 41.0 Å². The van der Waals surface area contributed by atoms with E-state index in [9.17, 15) is 18.8 Å². The molecule has 2 aliphatic rings. The zero-order chi connectivity index (χ0) is 29.4. The van der Waals surface area contributed by atoms with E-state index in [1.54, 1.807) is 16.0 Å². The van der Waals surface area contributed by atoms with Crippen molar-refractivity contribution in [2.45, 2.75) is 43.8 Å². The lowest BCUT2D eigenvalue weighted by Gasteiger charge is -2.53. The van der Waals surface area contributed by atoms with Gasteiger partial charge in [0, 0.05) is 62.1 Å². The Bertz CT molecular complexity index is 1630. The molecule has 14 heteroatoms. The third-order valence-corrected chi connectivity index (χ3v) is 8.06. The maximum atomic E-state index is 13.4. The Morgan fingerprint density at radius 1 is 1.24 bits per heavy atom. The molecule has 0 radical (unpaired) electrons. The van der Waals surface area contributed by atoms with Crippen molar-refractivity contribution < 1.29 is 13.6 Å². The van der Waals surface area contributed by atoms with Crippen molar-refractivity contribution in [1.82, 2.24) is 49.4 Å². The van der Waals surface area contributed by atoms with Gasteiger partial charge >= 0.3 is 0 Å². The highest BCUT2D eigenvalue weighted by Gasteiger charge is 2.48. The van der Waals surface area contributed by atoms with Crippen LogP contribution in [0, 0.1) is 11.3 Å². The molecule has 0 bridgehead atoms. The van der Waals surface area contributed by atoms with Gasteiger partial charge in [-0.05, 0) is 39.1 Å². The number of piperidine rings is 1. The first-order valence-corrected chi connectivity index (χ1v) is 13.8. The number of nitriles is 1. The van der Waals surface area contributed by atoms with Crippen LogP contribution in [0.3, 0.4) is 0 Å². The van der Waals surface area contributed by atoms with Gasteiger partial charge in [0.2, 0.25) is 0 Å². The molecule has 4 aromatic heterocycles. The van der Waals surface area contributed by atoms with Crippen molar-refractivity contribution in [2.75, 3.05) is 40.3 Å². The number of carbonyl (C=O) groups excluding carboxylic acids is 1. The van der Waals surface area contributed by atoms with Gasteiger partial charge in [0.1, 0.15) is 23.2 Å². The van der Waals surface area contributed by atoms with Crippen LogP contribution in [0.15, 0.2) is 37.1 Å². The lowest BCUT2D eigenvalue weighted by molar-refractivity contribution is -0.0412. The highest BCUT2D eigenvalue weighted by Crippen LogP contribution is 2.37. The standard InChI is InChI=1S/C28H31F2N11O/c1-38(2)14-19-11-22(37-26(36-19)24(29)30)27(42)39-9-4-20(5-10-39)40-15-28(16-40,6-7-31)41-13-18(12-35-41)23-21-3-8-32-25(21)34-17-33-23/h3,8,11-13,17,20,24H,4-6,9-10,14-16H2,1-2H3,(H,32,33,34). The summed E-state index contributed by atoms with van der Waals surface area (Å²) in [5, 5.41) is 15.2. The van der Waals surface area contributed by atoms with E-state index in [0.717, 1.165) is 35.1 Å². The van der Waals surface area contributed by atoms with Gasteiger partial charge in [0.25, 0.3) is 12.3 Å².